The molecule has 0 radical (unpaired) electrons. The molecule has 1 aromatic carbocycles. The highest BCUT2D eigenvalue weighted by Gasteiger charge is 2.41. The number of nitrogens with zero attached hydrogens (tertiary/aromatic N) is 7. The number of para-hydroxylation sites is 1. The molecule has 6 rings (SSSR count). The number of imidazole rings is 1. The summed E-state index contributed by atoms with van der Waals surface area (Å²) in [7, 11) is 1.70. The van der Waals surface area contributed by atoms with Crippen molar-refractivity contribution in [2.75, 3.05) is 7.11 Å². The molecule has 1 saturated carbocycles. The van der Waals surface area contributed by atoms with Crippen molar-refractivity contribution in [2.45, 2.75) is 31.3 Å². The molecule has 0 amide bonds. The van der Waals surface area contributed by atoms with Gasteiger partial charge in [0.1, 0.15) is 17.6 Å². The van der Waals surface area contributed by atoms with Crippen molar-refractivity contribution in [3.8, 4) is 11.6 Å². The maximum Gasteiger partial charge on any atom is 0.259 e. The normalized spacial score (nSPS) is 16.6. The molecule has 0 unspecified atom stereocenters. The average molecular weight is 375 g/mol. The van der Waals surface area contributed by atoms with E-state index in [4.69, 9.17) is 9.26 Å². The summed E-state index contributed by atoms with van der Waals surface area (Å²) >= 11 is 0. The van der Waals surface area contributed by atoms with Gasteiger partial charge in [-0.25, -0.2) is 4.98 Å². The molecule has 9 nitrogen and oxygen atoms in total. The first-order chi connectivity index (χ1) is 13.8. The highest BCUT2D eigenvalue weighted by atomic mass is 16.5. The minimum atomic E-state index is -0.496. The van der Waals surface area contributed by atoms with E-state index in [1.165, 1.54) is 0 Å². The zero-order valence-electron chi connectivity index (χ0n) is 15.2. The first-order valence-electron chi connectivity index (χ1n) is 9.28. The molecule has 9 heteroatoms. The number of aromatic nitrogens is 7. The van der Waals surface area contributed by atoms with Gasteiger partial charge in [-0.15, -0.1) is 10.2 Å². The van der Waals surface area contributed by atoms with E-state index in [1.54, 1.807) is 19.6 Å². The third-order valence-electron chi connectivity index (χ3n) is 5.73. The molecule has 140 valence electrons. The van der Waals surface area contributed by atoms with Gasteiger partial charge in [0.05, 0.1) is 11.7 Å². The third kappa shape index (κ3) is 1.96. The summed E-state index contributed by atoms with van der Waals surface area (Å²) in [5.74, 6) is 1.42. The quantitative estimate of drug-likeness (QED) is 0.478. The van der Waals surface area contributed by atoms with Gasteiger partial charge in [-0.2, -0.15) is 4.98 Å². The van der Waals surface area contributed by atoms with Crippen molar-refractivity contribution in [3.05, 3.63) is 42.7 Å². The van der Waals surface area contributed by atoms with Crippen LogP contribution in [0.2, 0.25) is 0 Å². The largest absolute Gasteiger partial charge is 0.368 e. The van der Waals surface area contributed by atoms with E-state index in [2.05, 4.69) is 25.3 Å². The minimum Gasteiger partial charge on any atom is -0.368 e. The van der Waals surface area contributed by atoms with Crippen molar-refractivity contribution < 1.29 is 9.26 Å². The summed E-state index contributed by atoms with van der Waals surface area (Å²) < 4.78 is 15.3. The Bertz CT molecular complexity index is 1330. The summed E-state index contributed by atoms with van der Waals surface area (Å²) in [6.07, 6.45) is 7.48. The van der Waals surface area contributed by atoms with Gasteiger partial charge in [-0.1, -0.05) is 17.3 Å². The van der Waals surface area contributed by atoms with Crippen LogP contribution in [0.25, 0.3) is 33.8 Å². The second-order valence-corrected chi connectivity index (χ2v) is 7.15. The predicted molar refractivity (Wildman–Crippen MR) is 99.7 cm³/mol. The van der Waals surface area contributed by atoms with E-state index < -0.39 is 5.60 Å². The molecule has 0 saturated heterocycles. The Labute approximate surface area is 159 Å². The SMILES string of the molecule is COC1(c2nc(-c3nnc4c5ccccc5n5cncc5n34)no2)CCCC1. The molecule has 0 atom stereocenters. The van der Waals surface area contributed by atoms with Crippen LogP contribution in [0.15, 0.2) is 41.3 Å². The maximum atomic E-state index is 5.77. The fraction of sp³-hybridized carbons (Fsp3) is 0.316. The lowest BCUT2D eigenvalue weighted by Crippen LogP contribution is -2.24. The minimum absolute atomic E-state index is 0.393. The Morgan fingerprint density at radius 1 is 1.14 bits per heavy atom. The molecule has 1 aliphatic rings. The van der Waals surface area contributed by atoms with Crippen LogP contribution < -0.4 is 0 Å². The lowest BCUT2D eigenvalue weighted by molar-refractivity contribution is -0.0342. The van der Waals surface area contributed by atoms with Crippen LogP contribution in [0.5, 0.6) is 0 Å². The van der Waals surface area contributed by atoms with Crippen LogP contribution in [-0.4, -0.2) is 41.2 Å². The van der Waals surface area contributed by atoms with Crippen molar-refractivity contribution in [2.24, 2.45) is 0 Å². The number of rotatable bonds is 3. The molecule has 4 aromatic heterocycles. The van der Waals surface area contributed by atoms with Crippen molar-refractivity contribution in [3.63, 3.8) is 0 Å². The first-order valence-corrected chi connectivity index (χ1v) is 9.28. The zero-order valence-corrected chi connectivity index (χ0v) is 15.2. The third-order valence-corrected chi connectivity index (χ3v) is 5.73. The van der Waals surface area contributed by atoms with Crippen LogP contribution in [-0.2, 0) is 10.3 Å². The Hall–Kier alpha value is -3.33. The first kappa shape index (κ1) is 15.7. The molecule has 0 N–H and O–H groups in total. The van der Waals surface area contributed by atoms with E-state index in [9.17, 15) is 0 Å². The average Bonchev–Trinajstić information content (AvgIpc) is 3.53. The van der Waals surface area contributed by atoms with Gasteiger partial charge in [0.2, 0.25) is 11.6 Å². The van der Waals surface area contributed by atoms with E-state index in [0.717, 1.165) is 47.9 Å². The molecule has 1 aliphatic carbocycles. The van der Waals surface area contributed by atoms with Crippen molar-refractivity contribution >= 4 is 22.2 Å². The van der Waals surface area contributed by atoms with Crippen LogP contribution in [0.3, 0.4) is 0 Å². The van der Waals surface area contributed by atoms with Crippen LogP contribution in [0, 0.1) is 0 Å². The molecule has 4 heterocycles. The van der Waals surface area contributed by atoms with Gasteiger partial charge < -0.3 is 9.26 Å². The number of fused-ring (bicyclic) bond motifs is 6. The highest BCUT2D eigenvalue weighted by molar-refractivity contribution is 5.94. The lowest BCUT2D eigenvalue weighted by atomic mass is 10.0. The number of ether oxygens (including phenoxy) is 1. The summed E-state index contributed by atoms with van der Waals surface area (Å²) in [5.41, 5.74) is 2.08. The Morgan fingerprint density at radius 2 is 2.00 bits per heavy atom. The van der Waals surface area contributed by atoms with Crippen molar-refractivity contribution in [1.29, 1.82) is 0 Å². The van der Waals surface area contributed by atoms with Gasteiger partial charge in [0.25, 0.3) is 5.89 Å². The summed E-state index contributed by atoms with van der Waals surface area (Å²) in [5, 5.41) is 14.0. The Balaban J connectivity index is 1.61. The highest BCUT2D eigenvalue weighted by Crippen LogP contribution is 2.41. The van der Waals surface area contributed by atoms with E-state index in [1.807, 2.05) is 33.1 Å². The molecule has 0 spiro atoms. The second-order valence-electron chi connectivity index (χ2n) is 7.15. The molecular weight excluding hydrogens is 358 g/mol. The van der Waals surface area contributed by atoms with E-state index >= 15 is 0 Å². The number of hydrogen-bond donors (Lipinski definition) is 0. The second kappa shape index (κ2) is 5.59. The van der Waals surface area contributed by atoms with Gasteiger partial charge in [-0.05, 0) is 37.8 Å². The summed E-state index contributed by atoms with van der Waals surface area (Å²) in [6.45, 7) is 0. The number of methoxy groups -OCH3 is 1. The molecule has 28 heavy (non-hydrogen) atoms. The molecule has 0 bridgehead atoms. The fourth-order valence-electron chi connectivity index (χ4n) is 4.28. The van der Waals surface area contributed by atoms with E-state index in [0.29, 0.717) is 17.5 Å². The number of hydrogen-bond acceptors (Lipinski definition) is 7. The molecule has 5 aromatic rings. The van der Waals surface area contributed by atoms with Gasteiger partial charge in [0, 0.05) is 12.5 Å². The summed E-state index contributed by atoms with van der Waals surface area (Å²) in [4.78, 5) is 8.95. The maximum absolute atomic E-state index is 5.77. The van der Waals surface area contributed by atoms with Crippen LogP contribution in [0.1, 0.15) is 31.6 Å². The van der Waals surface area contributed by atoms with E-state index in [-0.39, 0.29) is 0 Å². The predicted octanol–water partition coefficient (Wildman–Crippen LogP) is 3.00. The Kier molecular flexibility index (Phi) is 3.13. The molecular formula is C19H17N7O2. The monoisotopic (exact) mass is 375 g/mol. The standard InChI is InChI=1S/C19H17N7O2/c1-27-19(8-4-5-9-19)18-21-15(24-28-18)17-23-22-16-12-6-2-3-7-13(12)25-11-20-10-14(25)26(16)17/h2-3,6-7,10-11H,4-5,8-9H2,1H3. The fourth-order valence-corrected chi connectivity index (χ4v) is 4.28. The molecule has 0 aliphatic heterocycles. The number of benzene rings is 1. The van der Waals surface area contributed by atoms with Crippen LogP contribution in [0.4, 0.5) is 0 Å². The van der Waals surface area contributed by atoms with Crippen LogP contribution >= 0.6 is 0 Å². The molecule has 1 fully saturated rings. The zero-order chi connectivity index (χ0) is 18.7. The van der Waals surface area contributed by atoms with Gasteiger partial charge in [-0.3, -0.25) is 8.80 Å². The smallest absolute Gasteiger partial charge is 0.259 e. The Morgan fingerprint density at radius 3 is 2.86 bits per heavy atom. The lowest BCUT2D eigenvalue weighted by Gasteiger charge is -2.21. The van der Waals surface area contributed by atoms with Crippen molar-refractivity contribution in [1.82, 2.24) is 34.1 Å². The topological polar surface area (TPSA) is 95.6 Å². The summed E-state index contributed by atoms with van der Waals surface area (Å²) in [6, 6.07) is 8.02. The van der Waals surface area contributed by atoms with Gasteiger partial charge in [0.15, 0.2) is 5.65 Å². The van der Waals surface area contributed by atoms with Gasteiger partial charge >= 0.3 is 0 Å².